The number of amides is 1. The number of carboxylic acid groups (broad SMARTS) is 1. The number of carboxylic acids is 1. The molecule has 18 heavy (non-hydrogen) atoms. The quantitative estimate of drug-likeness (QED) is 0.742. The zero-order valence-electron chi connectivity index (χ0n) is 11.3. The highest BCUT2D eigenvalue weighted by molar-refractivity contribution is 5.84. The van der Waals surface area contributed by atoms with Crippen molar-refractivity contribution in [1.29, 1.82) is 0 Å². The van der Waals surface area contributed by atoms with Crippen LogP contribution in [0.1, 0.15) is 32.6 Å². The van der Waals surface area contributed by atoms with Gasteiger partial charge in [-0.1, -0.05) is 19.8 Å². The first-order chi connectivity index (χ1) is 8.56. The molecule has 0 aromatic rings. The Morgan fingerprint density at radius 1 is 1.28 bits per heavy atom. The molecule has 1 saturated carbocycles. The number of rotatable bonds is 6. The van der Waals surface area contributed by atoms with E-state index in [1.165, 1.54) is 0 Å². The lowest BCUT2D eigenvalue weighted by Gasteiger charge is -2.27. The largest absolute Gasteiger partial charge is 0.481 e. The Hall–Kier alpha value is -1.10. The van der Waals surface area contributed by atoms with Crippen LogP contribution >= 0.6 is 0 Å². The number of carbonyl (C=O) groups is 2. The first kappa shape index (κ1) is 15.0. The molecule has 5 heteroatoms. The lowest BCUT2D eigenvalue weighted by molar-refractivity contribution is -0.148. The van der Waals surface area contributed by atoms with Crippen molar-refractivity contribution in [2.45, 2.75) is 32.6 Å². The van der Waals surface area contributed by atoms with Gasteiger partial charge in [0.15, 0.2) is 0 Å². The van der Waals surface area contributed by atoms with Crippen molar-refractivity contribution in [1.82, 2.24) is 10.2 Å². The van der Waals surface area contributed by atoms with Crippen molar-refractivity contribution in [3.05, 3.63) is 0 Å². The van der Waals surface area contributed by atoms with E-state index in [1.54, 1.807) is 0 Å². The average molecular weight is 256 g/mol. The maximum absolute atomic E-state index is 12.0. The second-order valence-electron chi connectivity index (χ2n) is 5.02. The van der Waals surface area contributed by atoms with E-state index >= 15 is 0 Å². The van der Waals surface area contributed by atoms with Gasteiger partial charge in [-0.15, -0.1) is 0 Å². The third kappa shape index (κ3) is 4.29. The van der Waals surface area contributed by atoms with Gasteiger partial charge in [0.05, 0.1) is 11.8 Å². The van der Waals surface area contributed by atoms with E-state index in [1.807, 2.05) is 7.05 Å². The summed E-state index contributed by atoms with van der Waals surface area (Å²) in [4.78, 5) is 25.2. The molecule has 0 aromatic carbocycles. The fourth-order valence-electron chi connectivity index (χ4n) is 2.40. The van der Waals surface area contributed by atoms with Crippen molar-refractivity contribution < 1.29 is 14.7 Å². The summed E-state index contributed by atoms with van der Waals surface area (Å²) in [6, 6.07) is 0. The Bertz CT molecular complexity index is 294. The van der Waals surface area contributed by atoms with Crippen LogP contribution < -0.4 is 5.32 Å². The van der Waals surface area contributed by atoms with Gasteiger partial charge < -0.3 is 15.3 Å². The van der Waals surface area contributed by atoms with Gasteiger partial charge in [0, 0.05) is 13.1 Å². The molecule has 104 valence electrons. The summed E-state index contributed by atoms with van der Waals surface area (Å²) in [7, 11) is 1.99. The van der Waals surface area contributed by atoms with Gasteiger partial charge in [0.1, 0.15) is 0 Å². The maximum Gasteiger partial charge on any atom is 0.307 e. The van der Waals surface area contributed by atoms with Crippen LogP contribution in [-0.4, -0.2) is 48.6 Å². The molecule has 1 fully saturated rings. The Balaban J connectivity index is 2.41. The van der Waals surface area contributed by atoms with Crippen LogP contribution in [0.4, 0.5) is 0 Å². The number of likely N-dealkylation sites (N-methyl/N-ethyl adjacent to an activating group) is 1. The summed E-state index contributed by atoms with van der Waals surface area (Å²) >= 11 is 0. The molecule has 1 rings (SSSR count). The normalized spacial score (nSPS) is 23.9. The molecule has 0 aromatic heterocycles. The summed E-state index contributed by atoms with van der Waals surface area (Å²) in [6.07, 6.45) is 3.20. The minimum atomic E-state index is -0.833. The molecule has 2 unspecified atom stereocenters. The fourth-order valence-corrected chi connectivity index (χ4v) is 2.40. The zero-order chi connectivity index (χ0) is 13.5. The van der Waals surface area contributed by atoms with E-state index in [0.29, 0.717) is 19.4 Å². The van der Waals surface area contributed by atoms with Crippen molar-refractivity contribution in [2.24, 2.45) is 11.8 Å². The monoisotopic (exact) mass is 256 g/mol. The van der Waals surface area contributed by atoms with Crippen molar-refractivity contribution in [2.75, 3.05) is 26.7 Å². The smallest absolute Gasteiger partial charge is 0.307 e. The highest BCUT2D eigenvalue weighted by Crippen LogP contribution is 2.30. The number of nitrogens with one attached hydrogen (secondary N) is 1. The number of aliphatic carboxylic acids is 1. The van der Waals surface area contributed by atoms with Crippen molar-refractivity contribution in [3.8, 4) is 0 Å². The number of hydrogen-bond donors (Lipinski definition) is 2. The van der Waals surface area contributed by atoms with Crippen molar-refractivity contribution in [3.63, 3.8) is 0 Å². The molecule has 1 aliphatic rings. The SMILES string of the molecule is CCN(C)CCNC(=O)C1CCCCC1C(=O)O. The van der Waals surface area contributed by atoms with E-state index in [4.69, 9.17) is 5.11 Å². The highest BCUT2D eigenvalue weighted by Gasteiger charge is 2.35. The van der Waals surface area contributed by atoms with Crippen LogP contribution in [0.25, 0.3) is 0 Å². The molecule has 1 amide bonds. The Kier molecular flexibility index (Phi) is 6.12. The van der Waals surface area contributed by atoms with Gasteiger partial charge in [-0.05, 0) is 26.4 Å². The van der Waals surface area contributed by atoms with Gasteiger partial charge in [0.25, 0.3) is 0 Å². The predicted molar refractivity (Wildman–Crippen MR) is 69.3 cm³/mol. The van der Waals surface area contributed by atoms with E-state index in [9.17, 15) is 9.59 Å². The molecule has 0 saturated heterocycles. The zero-order valence-corrected chi connectivity index (χ0v) is 11.3. The first-order valence-corrected chi connectivity index (χ1v) is 6.75. The second-order valence-corrected chi connectivity index (χ2v) is 5.02. The number of hydrogen-bond acceptors (Lipinski definition) is 3. The van der Waals surface area contributed by atoms with Gasteiger partial charge in [0.2, 0.25) is 5.91 Å². The molecule has 0 spiro atoms. The molecular formula is C13H24N2O3. The molecule has 0 heterocycles. The number of carbonyl (C=O) groups excluding carboxylic acids is 1. The van der Waals surface area contributed by atoms with E-state index in [2.05, 4.69) is 17.1 Å². The van der Waals surface area contributed by atoms with Crippen LogP contribution in [0, 0.1) is 11.8 Å². The fraction of sp³-hybridized carbons (Fsp3) is 0.846. The van der Waals surface area contributed by atoms with E-state index < -0.39 is 11.9 Å². The minimum Gasteiger partial charge on any atom is -0.481 e. The molecule has 2 N–H and O–H groups in total. The van der Waals surface area contributed by atoms with Crippen LogP contribution in [0.15, 0.2) is 0 Å². The lowest BCUT2D eigenvalue weighted by atomic mass is 9.79. The predicted octanol–water partition coefficient (Wildman–Crippen LogP) is 0.945. The topological polar surface area (TPSA) is 69.6 Å². The molecule has 0 radical (unpaired) electrons. The summed E-state index contributed by atoms with van der Waals surface area (Å²) in [5.41, 5.74) is 0. The molecule has 0 aliphatic heterocycles. The van der Waals surface area contributed by atoms with E-state index in [0.717, 1.165) is 25.9 Å². The molecule has 1 aliphatic carbocycles. The van der Waals surface area contributed by atoms with Crippen LogP contribution in [0.2, 0.25) is 0 Å². The third-order valence-electron chi connectivity index (χ3n) is 3.75. The van der Waals surface area contributed by atoms with Gasteiger partial charge >= 0.3 is 5.97 Å². The summed E-state index contributed by atoms with van der Waals surface area (Å²) in [6.45, 7) is 4.39. The van der Waals surface area contributed by atoms with Gasteiger partial charge in [-0.2, -0.15) is 0 Å². The average Bonchev–Trinajstić information content (AvgIpc) is 2.38. The Morgan fingerprint density at radius 3 is 2.44 bits per heavy atom. The summed E-state index contributed by atoms with van der Waals surface area (Å²) in [5.74, 6) is -1.77. The minimum absolute atomic E-state index is 0.0911. The van der Waals surface area contributed by atoms with E-state index in [-0.39, 0.29) is 11.8 Å². The van der Waals surface area contributed by atoms with Gasteiger partial charge in [-0.25, -0.2) is 0 Å². The van der Waals surface area contributed by atoms with Crippen LogP contribution in [-0.2, 0) is 9.59 Å². The van der Waals surface area contributed by atoms with Crippen molar-refractivity contribution >= 4 is 11.9 Å². The molecular weight excluding hydrogens is 232 g/mol. The summed E-state index contributed by atoms with van der Waals surface area (Å²) in [5, 5.41) is 12.0. The molecule has 2 atom stereocenters. The third-order valence-corrected chi connectivity index (χ3v) is 3.75. The molecule has 5 nitrogen and oxygen atoms in total. The second kappa shape index (κ2) is 7.36. The van der Waals surface area contributed by atoms with Crippen LogP contribution in [0.5, 0.6) is 0 Å². The Morgan fingerprint density at radius 2 is 1.89 bits per heavy atom. The lowest BCUT2D eigenvalue weighted by Crippen LogP contribution is -2.42. The standard InChI is InChI=1S/C13H24N2O3/c1-3-15(2)9-8-14-12(16)10-6-4-5-7-11(10)13(17)18/h10-11H,3-9H2,1-2H3,(H,14,16)(H,17,18). The molecule has 0 bridgehead atoms. The van der Waals surface area contributed by atoms with Gasteiger partial charge in [-0.3, -0.25) is 9.59 Å². The first-order valence-electron chi connectivity index (χ1n) is 6.75. The number of nitrogens with zero attached hydrogens (tertiary/aromatic N) is 1. The van der Waals surface area contributed by atoms with Crippen LogP contribution in [0.3, 0.4) is 0 Å². The summed E-state index contributed by atoms with van der Waals surface area (Å²) < 4.78 is 0. The highest BCUT2D eigenvalue weighted by atomic mass is 16.4. The maximum atomic E-state index is 12.0. The Labute approximate surface area is 109 Å².